The molecule has 2 aromatic heterocycles. The van der Waals surface area contributed by atoms with Gasteiger partial charge < -0.3 is 20.1 Å². The number of carbonyl (C=O) groups is 1. The molecule has 0 bridgehead atoms. The van der Waals surface area contributed by atoms with Gasteiger partial charge in [-0.3, -0.25) is 9.69 Å². The molecule has 0 atom stereocenters. The van der Waals surface area contributed by atoms with E-state index in [0.717, 1.165) is 43.1 Å². The molecule has 1 aliphatic rings. The summed E-state index contributed by atoms with van der Waals surface area (Å²) in [6.45, 7) is 4.44. The smallest absolute Gasteiger partial charge is 0.304 e. The molecule has 0 spiro atoms. The number of ether oxygens (including phenoxy) is 1. The van der Waals surface area contributed by atoms with E-state index >= 15 is 0 Å². The number of carboxylic acids is 1. The monoisotopic (exact) mass is 515 g/mol. The van der Waals surface area contributed by atoms with E-state index in [1.54, 1.807) is 12.3 Å². The van der Waals surface area contributed by atoms with Crippen molar-refractivity contribution < 1.29 is 14.6 Å². The first kappa shape index (κ1) is 25.2. The van der Waals surface area contributed by atoms with Crippen molar-refractivity contribution >= 4 is 35.0 Å². The Morgan fingerprint density at radius 1 is 1.09 bits per heavy atom. The summed E-state index contributed by atoms with van der Waals surface area (Å²) in [4.78, 5) is 24.4. The minimum Gasteiger partial charge on any atom is -0.481 e. The number of benzene rings is 1. The van der Waals surface area contributed by atoms with Crippen LogP contribution in [0.15, 0.2) is 48.7 Å². The van der Waals surface area contributed by atoms with Gasteiger partial charge in [-0.05, 0) is 49.0 Å². The second kappa shape index (κ2) is 11.7. The van der Waals surface area contributed by atoms with E-state index in [4.69, 9.17) is 33.0 Å². The number of pyridine rings is 2. The number of aliphatic carboxylic acids is 1. The summed E-state index contributed by atoms with van der Waals surface area (Å²) in [5, 5.41) is 13.1. The van der Waals surface area contributed by atoms with Crippen LogP contribution in [0.5, 0.6) is 11.6 Å². The Balaban J connectivity index is 1.45. The summed E-state index contributed by atoms with van der Waals surface area (Å²) in [6.07, 6.45) is 1.86. The number of piperazine rings is 1. The van der Waals surface area contributed by atoms with Crippen LogP contribution in [0.25, 0.3) is 11.3 Å². The van der Waals surface area contributed by atoms with Gasteiger partial charge >= 0.3 is 5.97 Å². The maximum atomic E-state index is 10.8. The quantitative estimate of drug-likeness (QED) is 0.428. The highest BCUT2D eigenvalue weighted by molar-refractivity contribution is 6.35. The summed E-state index contributed by atoms with van der Waals surface area (Å²) in [6, 6.07) is 13.0. The van der Waals surface area contributed by atoms with Gasteiger partial charge in [0, 0.05) is 60.9 Å². The van der Waals surface area contributed by atoms with Crippen molar-refractivity contribution in [1.29, 1.82) is 0 Å². The molecule has 1 aliphatic heterocycles. The average Bonchev–Trinajstić information content (AvgIpc) is 2.83. The Labute approximate surface area is 214 Å². The molecule has 3 aromatic rings. The zero-order valence-corrected chi connectivity index (χ0v) is 20.9. The van der Waals surface area contributed by atoms with Crippen LogP contribution in [-0.4, -0.2) is 65.7 Å². The molecule has 1 aromatic carbocycles. The number of carboxylic acid groups (broad SMARTS) is 1. The molecule has 35 heavy (non-hydrogen) atoms. The summed E-state index contributed by atoms with van der Waals surface area (Å²) < 4.78 is 6.05. The zero-order valence-electron chi connectivity index (χ0n) is 19.4. The summed E-state index contributed by atoms with van der Waals surface area (Å²) in [7, 11) is 1.88. The van der Waals surface area contributed by atoms with Crippen LogP contribution in [0.1, 0.15) is 12.0 Å². The van der Waals surface area contributed by atoms with Crippen molar-refractivity contribution in [3.63, 3.8) is 0 Å². The van der Waals surface area contributed by atoms with E-state index in [0.29, 0.717) is 40.5 Å². The van der Waals surface area contributed by atoms with Gasteiger partial charge in [-0.25, -0.2) is 9.97 Å². The fourth-order valence-corrected chi connectivity index (χ4v) is 4.49. The van der Waals surface area contributed by atoms with E-state index in [-0.39, 0.29) is 6.42 Å². The van der Waals surface area contributed by atoms with Gasteiger partial charge in [-0.1, -0.05) is 23.2 Å². The lowest BCUT2D eigenvalue weighted by molar-refractivity contribution is -0.137. The Kier molecular flexibility index (Phi) is 8.41. The van der Waals surface area contributed by atoms with Crippen molar-refractivity contribution in [2.24, 2.45) is 0 Å². The van der Waals surface area contributed by atoms with Gasteiger partial charge in [0.15, 0.2) is 0 Å². The second-order valence-electron chi connectivity index (χ2n) is 8.31. The molecule has 10 heteroatoms. The molecular weight excluding hydrogens is 489 g/mol. The van der Waals surface area contributed by atoms with E-state index in [9.17, 15) is 4.79 Å². The van der Waals surface area contributed by atoms with Crippen molar-refractivity contribution in [1.82, 2.24) is 20.2 Å². The summed E-state index contributed by atoms with van der Waals surface area (Å²) in [5.74, 6) is 1.13. The highest BCUT2D eigenvalue weighted by Gasteiger charge is 2.18. The Morgan fingerprint density at radius 2 is 1.83 bits per heavy atom. The highest BCUT2D eigenvalue weighted by atomic mass is 35.5. The minimum absolute atomic E-state index is 0.167. The van der Waals surface area contributed by atoms with Crippen LogP contribution in [0.4, 0.5) is 5.82 Å². The number of hydrogen-bond acceptors (Lipinski definition) is 7. The van der Waals surface area contributed by atoms with Crippen molar-refractivity contribution in [2.75, 3.05) is 44.7 Å². The Morgan fingerprint density at radius 3 is 2.46 bits per heavy atom. The zero-order chi connectivity index (χ0) is 24.8. The predicted octanol–water partition coefficient (Wildman–Crippen LogP) is 4.56. The lowest BCUT2D eigenvalue weighted by atomic mass is 10.1. The van der Waals surface area contributed by atoms with Crippen LogP contribution in [0.2, 0.25) is 10.0 Å². The highest BCUT2D eigenvalue weighted by Crippen LogP contribution is 2.30. The van der Waals surface area contributed by atoms with Crippen LogP contribution >= 0.6 is 23.2 Å². The number of hydrogen-bond donors (Lipinski definition) is 2. The molecular formula is C25H27Cl2N5O3. The van der Waals surface area contributed by atoms with Crippen LogP contribution < -0.4 is 15.0 Å². The van der Waals surface area contributed by atoms with Gasteiger partial charge in [0.05, 0.1) is 18.3 Å². The summed E-state index contributed by atoms with van der Waals surface area (Å²) >= 11 is 12.4. The molecule has 0 aliphatic carbocycles. The SMILES string of the molecule is CNCc1cc(Oc2ccc(N3CCN(CCC(=O)O)CC3)nc2)nc(-c2cc(Cl)cc(Cl)c2)c1. The number of nitrogens with zero attached hydrogens (tertiary/aromatic N) is 4. The molecule has 8 nitrogen and oxygen atoms in total. The van der Waals surface area contributed by atoms with Gasteiger partial charge in [-0.2, -0.15) is 0 Å². The molecule has 0 amide bonds. The van der Waals surface area contributed by atoms with Crippen LogP contribution in [0, 0.1) is 0 Å². The van der Waals surface area contributed by atoms with Gasteiger partial charge in [0.2, 0.25) is 5.88 Å². The molecule has 2 N–H and O–H groups in total. The predicted molar refractivity (Wildman–Crippen MR) is 138 cm³/mol. The first-order valence-corrected chi connectivity index (χ1v) is 12.1. The first-order valence-electron chi connectivity index (χ1n) is 11.3. The number of anilines is 1. The molecule has 0 unspecified atom stereocenters. The molecule has 0 saturated carbocycles. The number of halogens is 2. The van der Waals surface area contributed by atoms with E-state index in [1.165, 1.54) is 0 Å². The van der Waals surface area contributed by atoms with Crippen molar-refractivity contribution in [3.8, 4) is 22.9 Å². The Bertz CT molecular complexity index is 1150. The van der Waals surface area contributed by atoms with Crippen molar-refractivity contribution in [3.05, 3.63) is 64.3 Å². The average molecular weight is 516 g/mol. The largest absolute Gasteiger partial charge is 0.481 e. The Hall–Kier alpha value is -2.91. The van der Waals surface area contributed by atoms with Gasteiger partial charge in [-0.15, -0.1) is 0 Å². The van der Waals surface area contributed by atoms with Crippen LogP contribution in [-0.2, 0) is 11.3 Å². The molecule has 1 fully saturated rings. The van der Waals surface area contributed by atoms with E-state index in [2.05, 4.69) is 25.1 Å². The summed E-state index contributed by atoms with van der Waals surface area (Å²) in [5.41, 5.74) is 2.53. The maximum absolute atomic E-state index is 10.8. The van der Waals surface area contributed by atoms with E-state index in [1.807, 2.05) is 43.4 Å². The van der Waals surface area contributed by atoms with Gasteiger partial charge in [0.1, 0.15) is 11.6 Å². The molecule has 0 radical (unpaired) electrons. The third-order valence-corrected chi connectivity index (χ3v) is 6.12. The first-order chi connectivity index (χ1) is 16.9. The normalized spacial score (nSPS) is 14.2. The molecule has 184 valence electrons. The fraction of sp³-hybridized carbons (Fsp3) is 0.320. The molecule has 4 rings (SSSR count). The lowest BCUT2D eigenvalue weighted by Gasteiger charge is -2.35. The number of nitrogens with one attached hydrogen (secondary N) is 1. The minimum atomic E-state index is -0.765. The van der Waals surface area contributed by atoms with Crippen molar-refractivity contribution in [2.45, 2.75) is 13.0 Å². The maximum Gasteiger partial charge on any atom is 0.304 e. The van der Waals surface area contributed by atoms with Crippen LogP contribution in [0.3, 0.4) is 0 Å². The van der Waals surface area contributed by atoms with E-state index < -0.39 is 5.97 Å². The number of rotatable bonds is 9. The topological polar surface area (TPSA) is 90.8 Å². The standard InChI is InChI=1S/C25H27Cl2N5O3/c1-28-15-17-10-22(18-12-19(26)14-20(27)13-18)30-24(11-17)35-21-2-3-23(29-16-21)32-8-6-31(7-9-32)5-4-25(33)34/h2-3,10-14,16,28H,4-9,15H2,1H3,(H,33,34). The second-order valence-corrected chi connectivity index (χ2v) is 9.19. The van der Waals surface area contributed by atoms with Gasteiger partial charge in [0.25, 0.3) is 0 Å². The lowest BCUT2D eigenvalue weighted by Crippen LogP contribution is -2.47. The third-order valence-electron chi connectivity index (χ3n) is 5.68. The molecule has 1 saturated heterocycles. The molecule has 3 heterocycles. The number of aromatic nitrogens is 2. The fourth-order valence-electron chi connectivity index (χ4n) is 3.96. The third kappa shape index (κ3) is 7.05.